The fraction of sp³-hybridized carbons (Fsp3) is 0.846. The molecule has 0 spiro atoms. The quantitative estimate of drug-likeness (QED) is 0.806. The van der Waals surface area contributed by atoms with Crippen LogP contribution in [0.4, 0.5) is 0 Å². The average Bonchev–Trinajstić information content (AvgIpc) is 2.88. The van der Waals surface area contributed by atoms with E-state index in [-0.39, 0.29) is 5.91 Å². The topological polar surface area (TPSA) is 76.1 Å². The maximum absolute atomic E-state index is 12.2. The molecular weight excluding hydrogens is 250 g/mol. The summed E-state index contributed by atoms with van der Waals surface area (Å²) >= 11 is 0. The summed E-state index contributed by atoms with van der Waals surface area (Å²) in [6.45, 7) is 2.15. The number of hydrogen-bond acceptors (Lipinski definition) is 4. The van der Waals surface area contributed by atoms with Gasteiger partial charge in [-0.3, -0.25) is 4.79 Å². The number of carboxylic acids is 1. The van der Waals surface area contributed by atoms with Gasteiger partial charge in [0, 0.05) is 20.2 Å². The third kappa shape index (κ3) is 3.67. The highest BCUT2D eigenvalue weighted by atomic mass is 16.5. The van der Waals surface area contributed by atoms with Crippen LogP contribution >= 0.6 is 0 Å². The van der Waals surface area contributed by atoms with Crippen LogP contribution in [0.5, 0.6) is 0 Å². The molecule has 2 saturated heterocycles. The van der Waals surface area contributed by atoms with E-state index in [4.69, 9.17) is 14.6 Å². The highest BCUT2D eigenvalue weighted by molar-refractivity contribution is 5.82. The predicted molar refractivity (Wildman–Crippen MR) is 66.7 cm³/mol. The maximum Gasteiger partial charge on any atom is 0.332 e. The van der Waals surface area contributed by atoms with Crippen LogP contribution in [-0.2, 0) is 19.1 Å². The molecule has 2 aliphatic rings. The van der Waals surface area contributed by atoms with E-state index >= 15 is 0 Å². The fourth-order valence-corrected chi connectivity index (χ4v) is 2.67. The van der Waals surface area contributed by atoms with Gasteiger partial charge in [0.1, 0.15) is 6.10 Å². The van der Waals surface area contributed by atoms with Crippen molar-refractivity contribution in [2.75, 3.05) is 26.8 Å². The lowest BCUT2D eigenvalue weighted by molar-refractivity contribution is -0.154. The second-order valence-corrected chi connectivity index (χ2v) is 5.33. The molecule has 0 saturated carbocycles. The van der Waals surface area contributed by atoms with Crippen LogP contribution in [0.3, 0.4) is 0 Å². The van der Waals surface area contributed by atoms with Gasteiger partial charge in [-0.25, -0.2) is 4.79 Å². The van der Waals surface area contributed by atoms with Gasteiger partial charge in [-0.05, 0) is 31.6 Å². The van der Waals surface area contributed by atoms with E-state index in [1.54, 1.807) is 11.9 Å². The van der Waals surface area contributed by atoms with Crippen molar-refractivity contribution < 1.29 is 24.2 Å². The van der Waals surface area contributed by atoms with Gasteiger partial charge in [-0.15, -0.1) is 0 Å². The zero-order valence-corrected chi connectivity index (χ0v) is 11.2. The summed E-state index contributed by atoms with van der Waals surface area (Å²) in [6, 6.07) is 0. The van der Waals surface area contributed by atoms with E-state index < -0.39 is 18.2 Å². The monoisotopic (exact) mass is 271 g/mol. The Morgan fingerprint density at radius 1 is 1.26 bits per heavy atom. The van der Waals surface area contributed by atoms with Gasteiger partial charge in [-0.1, -0.05) is 0 Å². The third-order valence-electron chi connectivity index (χ3n) is 3.73. The number of likely N-dealkylation sites (N-methyl/N-ethyl adjacent to an activating group) is 1. The summed E-state index contributed by atoms with van der Waals surface area (Å²) in [7, 11) is 1.74. The lowest BCUT2D eigenvalue weighted by Crippen LogP contribution is -2.41. The Morgan fingerprint density at radius 3 is 2.58 bits per heavy atom. The van der Waals surface area contributed by atoms with Crippen molar-refractivity contribution in [1.29, 1.82) is 0 Å². The van der Waals surface area contributed by atoms with E-state index in [1.807, 2.05) is 0 Å². The van der Waals surface area contributed by atoms with Gasteiger partial charge < -0.3 is 19.5 Å². The van der Waals surface area contributed by atoms with Crippen molar-refractivity contribution in [2.45, 2.75) is 37.9 Å². The van der Waals surface area contributed by atoms with Crippen LogP contribution in [-0.4, -0.2) is 60.9 Å². The Hall–Kier alpha value is -1.14. The SMILES string of the molecule is CN(CC1CCCOC1)C(=O)[C@@H]1CC[C@H](C(=O)O)O1. The molecule has 3 atom stereocenters. The summed E-state index contributed by atoms with van der Waals surface area (Å²) in [5.74, 6) is -0.729. The molecule has 2 rings (SSSR count). The molecule has 108 valence electrons. The minimum absolute atomic E-state index is 0.116. The third-order valence-corrected chi connectivity index (χ3v) is 3.73. The lowest BCUT2D eigenvalue weighted by Gasteiger charge is -2.28. The maximum atomic E-state index is 12.2. The second kappa shape index (κ2) is 6.34. The Kier molecular flexibility index (Phi) is 4.76. The van der Waals surface area contributed by atoms with E-state index in [1.165, 1.54) is 0 Å². The molecule has 1 amide bonds. The molecule has 0 aromatic heterocycles. The molecule has 0 aliphatic carbocycles. The Morgan fingerprint density at radius 2 is 2.00 bits per heavy atom. The van der Waals surface area contributed by atoms with Crippen molar-refractivity contribution in [1.82, 2.24) is 4.90 Å². The Balaban J connectivity index is 1.80. The van der Waals surface area contributed by atoms with Crippen LogP contribution in [0.2, 0.25) is 0 Å². The zero-order chi connectivity index (χ0) is 13.8. The molecule has 2 fully saturated rings. The summed E-state index contributed by atoms with van der Waals surface area (Å²) in [5.41, 5.74) is 0. The molecule has 1 N–H and O–H groups in total. The Bertz CT molecular complexity index is 340. The van der Waals surface area contributed by atoms with Crippen molar-refractivity contribution >= 4 is 11.9 Å². The number of amides is 1. The van der Waals surface area contributed by atoms with Gasteiger partial charge in [0.2, 0.25) is 0 Å². The van der Waals surface area contributed by atoms with E-state index in [9.17, 15) is 9.59 Å². The largest absolute Gasteiger partial charge is 0.479 e. The first-order valence-electron chi connectivity index (χ1n) is 6.79. The first kappa shape index (κ1) is 14.3. The minimum atomic E-state index is -0.987. The Labute approximate surface area is 112 Å². The van der Waals surface area contributed by atoms with Gasteiger partial charge in [0.25, 0.3) is 5.91 Å². The minimum Gasteiger partial charge on any atom is -0.479 e. The zero-order valence-electron chi connectivity index (χ0n) is 11.2. The van der Waals surface area contributed by atoms with Crippen LogP contribution in [0.1, 0.15) is 25.7 Å². The number of carboxylic acid groups (broad SMARTS) is 1. The number of aliphatic carboxylic acids is 1. The molecular formula is C13H21NO5. The second-order valence-electron chi connectivity index (χ2n) is 5.33. The summed E-state index contributed by atoms with van der Waals surface area (Å²) < 4.78 is 10.7. The van der Waals surface area contributed by atoms with Crippen molar-refractivity contribution in [3.05, 3.63) is 0 Å². The van der Waals surface area contributed by atoms with Crippen LogP contribution < -0.4 is 0 Å². The number of hydrogen-bond donors (Lipinski definition) is 1. The predicted octanol–water partition coefficient (Wildman–Crippen LogP) is 0.504. The standard InChI is InChI=1S/C13H21NO5/c1-14(7-9-3-2-6-18-8-9)12(15)10-4-5-11(19-10)13(16)17/h9-11H,2-8H2,1H3,(H,16,17)/t9?,10-,11+/m0/s1. The van der Waals surface area contributed by atoms with E-state index in [0.717, 1.165) is 19.4 Å². The molecule has 6 heteroatoms. The number of rotatable bonds is 4. The molecule has 2 heterocycles. The first-order valence-corrected chi connectivity index (χ1v) is 6.79. The lowest BCUT2D eigenvalue weighted by atomic mass is 10.0. The summed E-state index contributed by atoms with van der Waals surface area (Å²) in [6.07, 6.45) is 1.57. The summed E-state index contributed by atoms with van der Waals surface area (Å²) in [5, 5.41) is 8.85. The molecule has 0 aromatic rings. The molecule has 2 aliphatic heterocycles. The molecule has 0 bridgehead atoms. The molecule has 0 radical (unpaired) electrons. The number of carbonyl (C=O) groups excluding carboxylic acids is 1. The smallest absolute Gasteiger partial charge is 0.332 e. The highest BCUT2D eigenvalue weighted by Crippen LogP contribution is 2.22. The van der Waals surface area contributed by atoms with E-state index in [2.05, 4.69) is 0 Å². The van der Waals surface area contributed by atoms with Crippen LogP contribution in [0.25, 0.3) is 0 Å². The fourth-order valence-electron chi connectivity index (χ4n) is 2.67. The van der Waals surface area contributed by atoms with Crippen molar-refractivity contribution in [3.8, 4) is 0 Å². The number of carbonyl (C=O) groups is 2. The molecule has 6 nitrogen and oxygen atoms in total. The number of ether oxygens (including phenoxy) is 2. The van der Waals surface area contributed by atoms with E-state index in [0.29, 0.717) is 31.9 Å². The van der Waals surface area contributed by atoms with Crippen molar-refractivity contribution in [3.63, 3.8) is 0 Å². The van der Waals surface area contributed by atoms with Gasteiger partial charge in [0.15, 0.2) is 6.10 Å². The van der Waals surface area contributed by atoms with Gasteiger partial charge in [0.05, 0.1) is 6.61 Å². The highest BCUT2D eigenvalue weighted by Gasteiger charge is 2.36. The molecule has 0 aromatic carbocycles. The van der Waals surface area contributed by atoms with Gasteiger partial charge >= 0.3 is 5.97 Å². The van der Waals surface area contributed by atoms with Gasteiger partial charge in [-0.2, -0.15) is 0 Å². The first-order chi connectivity index (χ1) is 9.08. The molecule has 1 unspecified atom stereocenters. The average molecular weight is 271 g/mol. The van der Waals surface area contributed by atoms with Crippen LogP contribution in [0.15, 0.2) is 0 Å². The number of nitrogens with zero attached hydrogens (tertiary/aromatic N) is 1. The normalized spacial score (nSPS) is 31.1. The summed E-state index contributed by atoms with van der Waals surface area (Å²) in [4.78, 5) is 24.6. The van der Waals surface area contributed by atoms with Crippen molar-refractivity contribution in [2.24, 2.45) is 5.92 Å². The molecule has 19 heavy (non-hydrogen) atoms. The van der Waals surface area contributed by atoms with Crippen LogP contribution in [0, 0.1) is 5.92 Å².